The molecule has 0 bridgehead atoms. The number of fused-ring (bicyclic) bond motifs is 1. The maximum absolute atomic E-state index is 12.5. The summed E-state index contributed by atoms with van der Waals surface area (Å²) >= 11 is 5.98. The lowest BCUT2D eigenvalue weighted by molar-refractivity contribution is -0.118. The third-order valence-corrected chi connectivity index (χ3v) is 4.68. The Morgan fingerprint density at radius 1 is 1.45 bits per heavy atom. The molecule has 1 aliphatic heterocycles. The molecule has 4 nitrogen and oxygen atoms in total. The summed E-state index contributed by atoms with van der Waals surface area (Å²) in [5.74, 6) is 1.77. The minimum atomic E-state index is -0.0915. The second-order valence-corrected chi connectivity index (χ2v) is 6.01. The van der Waals surface area contributed by atoms with Gasteiger partial charge in [-0.3, -0.25) is 4.79 Å². The number of benzene rings is 1. The van der Waals surface area contributed by atoms with E-state index < -0.39 is 0 Å². The molecule has 2 fully saturated rings. The van der Waals surface area contributed by atoms with Crippen molar-refractivity contribution in [1.29, 1.82) is 0 Å². The minimum absolute atomic E-state index is 0.0139. The number of anilines is 1. The van der Waals surface area contributed by atoms with E-state index >= 15 is 0 Å². The highest BCUT2D eigenvalue weighted by molar-refractivity contribution is 6.31. The van der Waals surface area contributed by atoms with Gasteiger partial charge in [0.25, 0.3) is 0 Å². The van der Waals surface area contributed by atoms with Crippen LogP contribution in [-0.4, -0.2) is 25.6 Å². The smallest absolute Gasteiger partial charge is 0.241 e. The largest absolute Gasteiger partial charge is 0.495 e. The van der Waals surface area contributed by atoms with E-state index in [1.54, 1.807) is 25.3 Å². The Morgan fingerprint density at radius 2 is 2.30 bits per heavy atom. The molecule has 2 aliphatic rings. The summed E-state index contributed by atoms with van der Waals surface area (Å²) in [5, 5.41) is 6.87. The number of nitrogens with one attached hydrogen (secondary N) is 2. The Morgan fingerprint density at radius 3 is 3.10 bits per heavy atom. The highest BCUT2D eigenvalue weighted by atomic mass is 35.5. The van der Waals surface area contributed by atoms with E-state index in [-0.39, 0.29) is 11.9 Å². The van der Waals surface area contributed by atoms with Gasteiger partial charge in [0, 0.05) is 5.02 Å². The van der Waals surface area contributed by atoms with Gasteiger partial charge in [0.2, 0.25) is 5.91 Å². The van der Waals surface area contributed by atoms with Crippen molar-refractivity contribution in [3.63, 3.8) is 0 Å². The van der Waals surface area contributed by atoms with Crippen LogP contribution in [-0.2, 0) is 4.79 Å². The molecule has 1 aromatic rings. The standard InChI is InChI=1S/C15H19ClN2O2/c1-20-13-6-5-10(16)7-12(13)18-15(19)14-11-4-2-3-9(11)8-17-14/h5-7,9,11,14,17H,2-4,8H2,1H3,(H,18,19). The van der Waals surface area contributed by atoms with E-state index in [0.717, 1.165) is 13.0 Å². The summed E-state index contributed by atoms with van der Waals surface area (Å²) in [6.45, 7) is 0.954. The highest BCUT2D eigenvalue weighted by Crippen LogP contribution is 2.38. The number of carbonyl (C=O) groups excluding carboxylic acids is 1. The van der Waals surface area contributed by atoms with E-state index in [2.05, 4.69) is 10.6 Å². The molecule has 3 rings (SSSR count). The van der Waals surface area contributed by atoms with Crippen LogP contribution in [0.3, 0.4) is 0 Å². The molecule has 1 aliphatic carbocycles. The molecule has 1 heterocycles. The van der Waals surface area contributed by atoms with Crippen molar-refractivity contribution in [2.45, 2.75) is 25.3 Å². The average molecular weight is 295 g/mol. The summed E-state index contributed by atoms with van der Waals surface area (Å²) in [6, 6.07) is 5.14. The number of rotatable bonds is 3. The lowest BCUT2D eigenvalue weighted by Crippen LogP contribution is -2.39. The van der Waals surface area contributed by atoms with Crippen molar-refractivity contribution < 1.29 is 9.53 Å². The molecule has 0 radical (unpaired) electrons. The van der Waals surface area contributed by atoms with Gasteiger partial charge in [0.1, 0.15) is 5.75 Å². The van der Waals surface area contributed by atoms with Crippen molar-refractivity contribution in [2.24, 2.45) is 11.8 Å². The molecule has 3 atom stereocenters. The molecule has 108 valence electrons. The summed E-state index contributed by atoms with van der Waals surface area (Å²) in [7, 11) is 1.58. The van der Waals surface area contributed by atoms with Gasteiger partial charge in [-0.05, 0) is 49.4 Å². The molecule has 1 saturated heterocycles. The van der Waals surface area contributed by atoms with Crippen LogP contribution in [0.4, 0.5) is 5.69 Å². The van der Waals surface area contributed by atoms with E-state index in [1.165, 1.54) is 12.8 Å². The van der Waals surface area contributed by atoms with Crippen LogP contribution in [0.2, 0.25) is 5.02 Å². The summed E-state index contributed by atoms with van der Waals surface area (Å²) in [6.07, 6.45) is 3.62. The minimum Gasteiger partial charge on any atom is -0.495 e. The van der Waals surface area contributed by atoms with Crippen LogP contribution >= 0.6 is 11.6 Å². The van der Waals surface area contributed by atoms with Gasteiger partial charge in [-0.25, -0.2) is 0 Å². The molecule has 5 heteroatoms. The van der Waals surface area contributed by atoms with Gasteiger partial charge in [-0.15, -0.1) is 0 Å². The van der Waals surface area contributed by atoms with E-state index in [4.69, 9.17) is 16.3 Å². The Balaban J connectivity index is 1.74. The summed E-state index contributed by atoms with van der Waals surface area (Å²) in [5.41, 5.74) is 0.633. The van der Waals surface area contributed by atoms with E-state index in [9.17, 15) is 4.79 Å². The second-order valence-electron chi connectivity index (χ2n) is 5.57. The van der Waals surface area contributed by atoms with Crippen LogP contribution in [0.5, 0.6) is 5.75 Å². The number of methoxy groups -OCH3 is 1. The number of halogens is 1. The molecule has 0 spiro atoms. The van der Waals surface area contributed by atoms with Crippen LogP contribution < -0.4 is 15.4 Å². The van der Waals surface area contributed by atoms with Crippen molar-refractivity contribution in [3.05, 3.63) is 23.2 Å². The van der Waals surface area contributed by atoms with Gasteiger partial charge >= 0.3 is 0 Å². The first-order valence-corrected chi connectivity index (χ1v) is 7.44. The first-order chi connectivity index (χ1) is 9.69. The second kappa shape index (κ2) is 5.62. The zero-order chi connectivity index (χ0) is 14.1. The molecular formula is C15H19ClN2O2. The molecule has 0 aromatic heterocycles. The van der Waals surface area contributed by atoms with Crippen LogP contribution in [0.25, 0.3) is 0 Å². The summed E-state index contributed by atoms with van der Waals surface area (Å²) < 4.78 is 5.26. The Kier molecular flexibility index (Phi) is 3.85. The fraction of sp³-hybridized carbons (Fsp3) is 0.533. The molecule has 2 N–H and O–H groups in total. The van der Waals surface area contributed by atoms with Crippen molar-refractivity contribution in [1.82, 2.24) is 5.32 Å². The SMILES string of the molecule is COc1ccc(Cl)cc1NC(=O)C1NCC2CCCC21. The fourth-order valence-electron chi connectivity index (χ4n) is 3.46. The molecule has 1 aromatic carbocycles. The first kappa shape index (κ1) is 13.7. The highest BCUT2D eigenvalue weighted by Gasteiger charge is 2.42. The topological polar surface area (TPSA) is 50.4 Å². The number of carbonyl (C=O) groups is 1. The maximum atomic E-state index is 12.5. The predicted molar refractivity (Wildman–Crippen MR) is 79.3 cm³/mol. The Labute approximate surface area is 123 Å². The van der Waals surface area contributed by atoms with Crippen molar-refractivity contribution >= 4 is 23.2 Å². The zero-order valence-electron chi connectivity index (χ0n) is 11.5. The molecule has 1 saturated carbocycles. The molecular weight excluding hydrogens is 276 g/mol. The van der Waals surface area contributed by atoms with Crippen molar-refractivity contribution in [2.75, 3.05) is 19.0 Å². The average Bonchev–Trinajstić information content (AvgIpc) is 3.01. The molecule has 3 unspecified atom stereocenters. The van der Waals surface area contributed by atoms with Gasteiger partial charge in [-0.2, -0.15) is 0 Å². The lowest BCUT2D eigenvalue weighted by Gasteiger charge is -2.18. The van der Waals surface area contributed by atoms with Crippen molar-refractivity contribution in [3.8, 4) is 5.75 Å². The number of ether oxygens (including phenoxy) is 1. The van der Waals surface area contributed by atoms with E-state index in [1.807, 2.05) is 0 Å². The monoisotopic (exact) mass is 294 g/mol. The lowest BCUT2D eigenvalue weighted by atomic mass is 9.93. The van der Waals surface area contributed by atoms with E-state index in [0.29, 0.717) is 28.3 Å². The quantitative estimate of drug-likeness (QED) is 0.901. The maximum Gasteiger partial charge on any atom is 0.241 e. The van der Waals surface area contributed by atoms with Crippen LogP contribution in [0.15, 0.2) is 18.2 Å². The normalized spacial score (nSPS) is 28.2. The van der Waals surface area contributed by atoms with Gasteiger partial charge in [0.15, 0.2) is 0 Å². The zero-order valence-corrected chi connectivity index (χ0v) is 12.2. The van der Waals surface area contributed by atoms with Crippen LogP contribution in [0, 0.1) is 11.8 Å². The first-order valence-electron chi connectivity index (χ1n) is 7.07. The number of hydrogen-bond acceptors (Lipinski definition) is 3. The Bertz CT molecular complexity index is 521. The number of amides is 1. The fourth-order valence-corrected chi connectivity index (χ4v) is 3.64. The Hall–Kier alpha value is -1.26. The number of hydrogen-bond donors (Lipinski definition) is 2. The third-order valence-electron chi connectivity index (χ3n) is 4.45. The van der Waals surface area contributed by atoms with Gasteiger partial charge in [-0.1, -0.05) is 18.0 Å². The summed E-state index contributed by atoms with van der Waals surface area (Å²) in [4.78, 5) is 12.5. The predicted octanol–water partition coefficient (Wildman–Crippen LogP) is 2.68. The van der Waals surface area contributed by atoms with Gasteiger partial charge < -0.3 is 15.4 Å². The third kappa shape index (κ3) is 2.50. The molecule has 1 amide bonds. The van der Waals surface area contributed by atoms with Crippen LogP contribution in [0.1, 0.15) is 19.3 Å². The molecule has 20 heavy (non-hydrogen) atoms. The van der Waals surface area contributed by atoms with Gasteiger partial charge in [0.05, 0.1) is 18.8 Å².